The maximum atomic E-state index is 14.6. The molecule has 0 unspecified atom stereocenters. The number of aromatic nitrogens is 3. The first-order chi connectivity index (χ1) is 16.5. The average Bonchev–Trinajstić information content (AvgIpc) is 3.38. The summed E-state index contributed by atoms with van der Waals surface area (Å²) in [4.78, 5) is 22.3. The van der Waals surface area contributed by atoms with E-state index in [0.717, 1.165) is 19.4 Å². The van der Waals surface area contributed by atoms with Crippen molar-refractivity contribution in [3.05, 3.63) is 82.2 Å². The van der Waals surface area contributed by atoms with E-state index in [0.29, 0.717) is 28.2 Å². The second-order valence-electron chi connectivity index (χ2n) is 7.98. The molecule has 5 rings (SSSR count). The van der Waals surface area contributed by atoms with Crippen LogP contribution in [0.3, 0.4) is 0 Å². The Hall–Kier alpha value is -4.16. The molecule has 1 aliphatic heterocycles. The van der Waals surface area contributed by atoms with Gasteiger partial charge in [0, 0.05) is 23.9 Å². The zero-order valence-electron chi connectivity index (χ0n) is 18.2. The Kier molecular flexibility index (Phi) is 5.51. The third-order valence-electron chi connectivity index (χ3n) is 5.93. The number of nitrogens with zero attached hydrogens (tertiary/aromatic N) is 4. The first kappa shape index (κ1) is 21.7. The number of fused-ring (bicyclic) bond motifs is 1. The van der Waals surface area contributed by atoms with Crippen LogP contribution >= 0.6 is 0 Å². The second kappa shape index (κ2) is 8.65. The minimum atomic E-state index is -0.687. The lowest BCUT2D eigenvalue weighted by Crippen LogP contribution is -2.29. The van der Waals surface area contributed by atoms with Crippen LogP contribution in [-0.2, 0) is 0 Å². The summed E-state index contributed by atoms with van der Waals surface area (Å²) in [6, 6.07) is 11.9. The fourth-order valence-electron chi connectivity index (χ4n) is 4.34. The van der Waals surface area contributed by atoms with E-state index in [9.17, 15) is 18.8 Å². The molecule has 0 spiro atoms. The number of rotatable bonds is 4. The van der Waals surface area contributed by atoms with Gasteiger partial charge in [-0.3, -0.25) is 9.36 Å². The number of methoxy groups -OCH3 is 1. The Labute approximate surface area is 193 Å². The minimum Gasteiger partial charge on any atom is -0.494 e. The highest BCUT2D eigenvalue weighted by atomic mass is 19.1. The molecule has 2 aromatic carbocycles. The maximum Gasteiger partial charge on any atom is 0.266 e. The van der Waals surface area contributed by atoms with Crippen LogP contribution in [0.15, 0.2) is 53.5 Å². The standard InChI is InChI=1S/C25H19F2N5O2/c1-34-21-5-4-16(12-19(21)26)32-24(20-3-2-7-29-20)31-23-17(15-6-8-30-22(27)11-15)9-14(13-28)10-18(23)25(32)33/h4-6,8-12,20,29H,2-3,7H2,1H3/t20-/m1/s1. The van der Waals surface area contributed by atoms with Gasteiger partial charge in [0.1, 0.15) is 5.82 Å². The SMILES string of the molecule is COc1ccc(-n2c([C@H]3CCCN3)nc3c(-c4ccnc(F)c4)cc(C#N)cc3c2=O)cc1F. The summed E-state index contributed by atoms with van der Waals surface area (Å²) >= 11 is 0. The highest BCUT2D eigenvalue weighted by molar-refractivity contribution is 5.94. The molecular formula is C25H19F2N5O2. The number of hydrogen-bond donors (Lipinski definition) is 1. The Bertz CT molecular complexity index is 1520. The molecule has 7 nitrogen and oxygen atoms in total. The zero-order valence-corrected chi connectivity index (χ0v) is 18.2. The summed E-state index contributed by atoms with van der Waals surface area (Å²) < 4.78 is 34.9. The molecule has 1 fully saturated rings. The summed E-state index contributed by atoms with van der Waals surface area (Å²) in [5.74, 6) is -0.830. The van der Waals surface area contributed by atoms with Crippen LogP contribution in [-0.4, -0.2) is 28.2 Å². The van der Waals surface area contributed by atoms with Crippen molar-refractivity contribution in [3.63, 3.8) is 0 Å². The molecule has 0 saturated carbocycles. The Balaban J connectivity index is 1.86. The average molecular weight is 459 g/mol. The first-order valence-corrected chi connectivity index (χ1v) is 10.7. The van der Waals surface area contributed by atoms with Gasteiger partial charge in [-0.1, -0.05) is 0 Å². The molecule has 0 bridgehead atoms. The number of hydrogen-bond acceptors (Lipinski definition) is 6. The van der Waals surface area contributed by atoms with Crippen LogP contribution in [0, 0.1) is 23.1 Å². The number of nitrogens with one attached hydrogen (secondary N) is 1. The zero-order chi connectivity index (χ0) is 23.8. The Morgan fingerprint density at radius 1 is 1.21 bits per heavy atom. The lowest BCUT2D eigenvalue weighted by Gasteiger charge is -2.20. The number of ether oxygens (including phenoxy) is 1. The highest BCUT2D eigenvalue weighted by Crippen LogP contribution is 2.31. The molecule has 1 aliphatic rings. The van der Waals surface area contributed by atoms with E-state index >= 15 is 0 Å². The lowest BCUT2D eigenvalue weighted by atomic mass is 10.00. The molecule has 34 heavy (non-hydrogen) atoms. The van der Waals surface area contributed by atoms with Gasteiger partial charge in [-0.25, -0.2) is 14.4 Å². The third kappa shape index (κ3) is 3.68. The van der Waals surface area contributed by atoms with Crippen molar-refractivity contribution in [1.82, 2.24) is 19.9 Å². The van der Waals surface area contributed by atoms with E-state index in [4.69, 9.17) is 9.72 Å². The maximum absolute atomic E-state index is 14.6. The van der Waals surface area contributed by atoms with Crippen LogP contribution in [0.25, 0.3) is 27.7 Å². The van der Waals surface area contributed by atoms with E-state index in [-0.39, 0.29) is 22.7 Å². The van der Waals surface area contributed by atoms with Gasteiger partial charge in [0.2, 0.25) is 5.95 Å². The summed E-state index contributed by atoms with van der Waals surface area (Å²) in [6.45, 7) is 0.755. The Morgan fingerprint density at radius 3 is 2.74 bits per heavy atom. The minimum absolute atomic E-state index is 0.0554. The topological polar surface area (TPSA) is 92.8 Å². The quantitative estimate of drug-likeness (QED) is 0.463. The normalized spacial score (nSPS) is 15.4. The van der Waals surface area contributed by atoms with E-state index in [1.54, 1.807) is 18.2 Å². The van der Waals surface area contributed by atoms with Crippen molar-refractivity contribution in [2.24, 2.45) is 0 Å². The molecule has 3 heterocycles. The van der Waals surface area contributed by atoms with E-state index in [1.807, 2.05) is 0 Å². The molecule has 1 atom stereocenters. The van der Waals surface area contributed by atoms with Crippen molar-refractivity contribution in [1.29, 1.82) is 5.26 Å². The van der Waals surface area contributed by atoms with Crippen molar-refractivity contribution < 1.29 is 13.5 Å². The van der Waals surface area contributed by atoms with Gasteiger partial charge in [0.05, 0.1) is 41.4 Å². The fourth-order valence-corrected chi connectivity index (χ4v) is 4.34. The van der Waals surface area contributed by atoms with Crippen molar-refractivity contribution in [3.8, 4) is 28.6 Å². The van der Waals surface area contributed by atoms with Gasteiger partial charge in [-0.05, 0) is 55.3 Å². The lowest BCUT2D eigenvalue weighted by molar-refractivity contribution is 0.386. The molecule has 0 amide bonds. The van der Waals surface area contributed by atoms with Crippen molar-refractivity contribution in [2.75, 3.05) is 13.7 Å². The fraction of sp³-hybridized carbons (Fsp3) is 0.200. The molecule has 2 aromatic heterocycles. The van der Waals surface area contributed by atoms with Gasteiger partial charge in [0.25, 0.3) is 5.56 Å². The molecule has 0 aliphatic carbocycles. The van der Waals surface area contributed by atoms with Crippen LogP contribution in [0.4, 0.5) is 8.78 Å². The van der Waals surface area contributed by atoms with Gasteiger partial charge < -0.3 is 10.1 Å². The number of benzene rings is 2. The van der Waals surface area contributed by atoms with Crippen LogP contribution in [0.5, 0.6) is 5.75 Å². The molecular weight excluding hydrogens is 440 g/mol. The summed E-state index contributed by atoms with van der Waals surface area (Å²) in [7, 11) is 1.36. The van der Waals surface area contributed by atoms with Gasteiger partial charge in [0.15, 0.2) is 11.6 Å². The molecule has 1 N–H and O–H groups in total. The smallest absolute Gasteiger partial charge is 0.266 e. The van der Waals surface area contributed by atoms with Gasteiger partial charge >= 0.3 is 0 Å². The third-order valence-corrected chi connectivity index (χ3v) is 5.93. The predicted octanol–water partition coefficient (Wildman–Crippen LogP) is 4.03. The molecule has 1 saturated heterocycles. The molecule has 9 heteroatoms. The van der Waals surface area contributed by atoms with Gasteiger partial charge in [-0.15, -0.1) is 0 Å². The van der Waals surface area contributed by atoms with Crippen molar-refractivity contribution in [2.45, 2.75) is 18.9 Å². The van der Waals surface area contributed by atoms with Crippen LogP contribution < -0.4 is 15.6 Å². The number of nitriles is 1. The summed E-state index contributed by atoms with van der Waals surface area (Å²) in [5, 5.41) is 13.1. The predicted molar refractivity (Wildman–Crippen MR) is 122 cm³/mol. The van der Waals surface area contributed by atoms with Crippen LogP contribution in [0.1, 0.15) is 30.3 Å². The van der Waals surface area contributed by atoms with Crippen LogP contribution in [0.2, 0.25) is 0 Å². The first-order valence-electron chi connectivity index (χ1n) is 10.7. The van der Waals surface area contributed by atoms with Gasteiger partial charge in [-0.2, -0.15) is 9.65 Å². The number of halogens is 2. The second-order valence-corrected chi connectivity index (χ2v) is 7.98. The summed E-state index contributed by atoms with van der Waals surface area (Å²) in [6.07, 6.45) is 2.95. The number of pyridine rings is 1. The van der Waals surface area contributed by atoms with E-state index in [1.165, 1.54) is 42.1 Å². The Morgan fingerprint density at radius 2 is 2.06 bits per heavy atom. The van der Waals surface area contributed by atoms with E-state index in [2.05, 4.69) is 16.4 Å². The van der Waals surface area contributed by atoms with Crippen molar-refractivity contribution >= 4 is 10.9 Å². The monoisotopic (exact) mass is 459 g/mol. The van der Waals surface area contributed by atoms with E-state index < -0.39 is 17.3 Å². The largest absolute Gasteiger partial charge is 0.494 e. The molecule has 4 aromatic rings. The molecule has 0 radical (unpaired) electrons. The summed E-state index contributed by atoms with van der Waals surface area (Å²) in [5.41, 5.74) is 1.28. The molecule has 170 valence electrons. The highest BCUT2D eigenvalue weighted by Gasteiger charge is 2.26.